The molecule has 1 N–H and O–H groups in total. The second kappa shape index (κ2) is 11.6. The summed E-state index contributed by atoms with van der Waals surface area (Å²) in [5.74, 6) is -2.67. The Bertz CT molecular complexity index is 1260. The topological polar surface area (TPSA) is 76.1 Å². The Morgan fingerprint density at radius 2 is 1.55 bits per heavy atom. The molecule has 0 unspecified atom stereocenters. The number of alkyl halides is 3. The van der Waals surface area contributed by atoms with Crippen molar-refractivity contribution in [3.63, 3.8) is 0 Å². The molecule has 3 aromatic carbocycles. The minimum absolute atomic E-state index is 0.00250. The van der Waals surface area contributed by atoms with Crippen molar-refractivity contribution in [3.05, 3.63) is 77.9 Å². The highest BCUT2D eigenvalue weighted by Crippen LogP contribution is 2.36. The van der Waals surface area contributed by atoms with Gasteiger partial charge in [0, 0.05) is 11.3 Å². The lowest BCUT2D eigenvalue weighted by molar-refractivity contribution is -0.274. The summed E-state index contributed by atoms with van der Waals surface area (Å²) in [6.07, 6.45) is -4.10. The standard InChI is InChI=1S/C29H30F3NO5/c1-5-16-37-25-15-12-22(17-24(25)20-8-13-23(14-9-20)38-29(30,31)32)33(26(34)27(35)36)18-19-6-10-21(11-7-19)28(2,3)4/h6-15,17H,5,16,18H2,1-4H3,(H,35,36). The lowest BCUT2D eigenvalue weighted by Gasteiger charge is -2.24. The van der Waals surface area contributed by atoms with Gasteiger partial charge in [-0.15, -0.1) is 13.2 Å². The van der Waals surface area contributed by atoms with Gasteiger partial charge >= 0.3 is 18.2 Å². The van der Waals surface area contributed by atoms with Crippen molar-refractivity contribution in [2.75, 3.05) is 11.5 Å². The molecule has 0 aliphatic heterocycles. The van der Waals surface area contributed by atoms with E-state index >= 15 is 0 Å². The van der Waals surface area contributed by atoms with Gasteiger partial charge in [0.15, 0.2) is 0 Å². The van der Waals surface area contributed by atoms with Crippen LogP contribution in [0.1, 0.15) is 45.2 Å². The smallest absolute Gasteiger partial charge is 0.493 e. The van der Waals surface area contributed by atoms with Crippen LogP contribution in [0, 0.1) is 0 Å². The van der Waals surface area contributed by atoms with E-state index in [1.165, 1.54) is 24.3 Å². The number of ether oxygens (including phenoxy) is 2. The Hall–Kier alpha value is -4.01. The molecule has 0 heterocycles. The van der Waals surface area contributed by atoms with Crippen LogP contribution in [-0.4, -0.2) is 30.0 Å². The molecule has 0 atom stereocenters. The number of hydrogen-bond acceptors (Lipinski definition) is 4. The summed E-state index contributed by atoms with van der Waals surface area (Å²) >= 11 is 0. The first-order valence-electron chi connectivity index (χ1n) is 12.1. The molecule has 1 amide bonds. The number of nitrogens with zero attached hydrogens (tertiary/aromatic N) is 1. The molecule has 0 spiro atoms. The van der Waals surface area contributed by atoms with Gasteiger partial charge in [-0.2, -0.15) is 0 Å². The number of rotatable bonds is 8. The number of hydrogen-bond donors (Lipinski definition) is 1. The van der Waals surface area contributed by atoms with Crippen LogP contribution in [0.25, 0.3) is 11.1 Å². The Balaban J connectivity index is 2.02. The van der Waals surface area contributed by atoms with Crippen LogP contribution in [0.3, 0.4) is 0 Å². The van der Waals surface area contributed by atoms with Crippen LogP contribution in [0.4, 0.5) is 18.9 Å². The van der Waals surface area contributed by atoms with E-state index in [1.807, 2.05) is 31.2 Å². The van der Waals surface area contributed by atoms with Crippen molar-refractivity contribution < 1.29 is 37.3 Å². The summed E-state index contributed by atoms with van der Waals surface area (Å²) in [5.41, 5.74) is 3.04. The Morgan fingerprint density at radius 1 is 0.921 bits per heavy atom. The second-order valence-corrected chi connectivity index (χ2v) is 9.74. The quantitative estimate of drug-likeness (QED) is 0.320. The monoisotopic (exact) mass is 529 g/mol. The number of carbonyl (C=O) groups excluding carboxylic acids is 1. The van der Waals surface area contributed by atoms with Crippen molar-refractivity contribution in [1.82, 2.24) is 0 Å². The molecule has 9 heteroatoms. The minimum Gasteiger partial charge on any atom is -0.493 e. The predicted octanol–water partition coefficient (Wildman–Crippen LogP) is 6.96. The van der Waals surface area contributed by atoms with Gasteiger partial charge in [-0.1, -0.05) is 64.1 Å². The first-order valence-corrected chi connectivity index (χ1v) is 12.1. The number of benzene rings is 3. The highest BCUT2D eigenvalue weighted by molar-refractivity contribution is 6.37. The molecular formula is C29H30F3NO5. The first-order chi connectivity index (χ1) is 17.8. The largest absolute Gasteiger partial charge is 0.573 e. The maximum Gasteiger partial charge on any atom is 0.573 e. The van der Waals surface area contributed by atoms with E-state index in [4.69, 9.17) is 4.74 Å². The zero-order valence-corrected chi connectivity index (χ0v) is 21.6. The molecule has 0 aliphatic carbocycles. The molecule has 0 aliphatic rings. The molecule has 0 radical (unpaired) electrons. The highest BCUT2D eigenvalue weighted by Gasteiger charge is 2.31. The average Bonchev–Trinajstić information content (AvgIpc) is 2.85. The van der Waals surface area contributed by atoms with Crippen molar-refractivity contribution in [3.8, 4) is 22.6 Å². The summed E-state index contributed by atoms with van der Waals surface area (Å²) in [6, 6.07) is 17.6. The summed E-state index contributed by atoms with van der Waals surface area (Å²) in [5, 5.41) is 9.50. The normalized spacial score (nSPS) is 11.7. The van der Waals surface area contributed by atoms with Gasteiger partial charge in [-0.05, 0) is 58.9 Å². The number of amides is 1. The predicted molar refractivity (Wildman–Crippen MR) is 138 cm³/mol. The Labute approximate surface area is 219 Å². The Kier molecular flexibility index (Phi) is 8.70. The number of carbonyl (C=O) groups is 2. The van der Waals surface area contributed by atoms with E-state index in [0.717, 1.165) is 16.0 Å². The zero-order chi connectivity index (χ0) is 28.1. The number of anilines is 1. The molecular weight excluding hydrogens is 499 g/mol. The van der Waals surface area contributed by atoms with Crippen LogP contribution >= 0.6 is 0 Å². The molecule has 38 heavy (non-hydrogen) atoms. The third-order valence-electron chi connectivity index (χ3n) is 5.72. The highest BCUT2D eigenvalue weighted by atomic mass is 19.4. The summed E-state index contributed by atoms with van der Waals surface area (Å²) in [6.45, 7) is 8.55. The molecule has 3 rings (SSSR count). The summed E-state index contributed by atoms with van der Waals surface area (Å²) in [4.78, 5) is 25.6. The van der Waals surface area contributed by atoms with Gasteiger partial charge in [0.25, 0.3) is 0 Å². The van der Waals surface area contributed by atoms with Gasteiger partial charge in [0.2, 0.25) is 0 Å². The minimum atomic E-state index is -4.82. The molecule has 0 aromatic heterocycles. The van der Waals surface area contributed by atoms with E-state index in [2.05, 4.69) is 25.5 Å². The third kappa shape index (κ3) is 7.50. The zero-order valence-electron chi connectivity index (χ0n) is 21.6. The van der Waals surface area contributed by atoms with Crippen LogP contribution in [-0.2, 0) is 21.5 Å². The SMILES string of the molecule is CCCOc1ccc(N(Cc2ccc(C(C)(C)C)cc2)C(=O)C(=O)O)cc1-c1ccc(OC(F)(F)F)cc1. The number of aliphatic carboxylic acids is 1. The third-order valence-corrected chi connectivity index (χ3v) is 5.72. The van der Waals surface area contributed by atoms with E-state index < -0.39 is 18.2 Å². The van der Waals surface area contributed by atoms with Crippen molar-refractivity contribution in [2.45, 2.75) is 52.4 Å². The van der Waals surface area contributed by atoms with E-state index in [1.54, 1.807) is 18.2 Å². The van der Waals surface area contributed by atoms with Gasteiger partial charge in [-0.25, -0.2) is 4.79 Å². The van der Waals surface area contributed by atoms with E-state index in [9.17, 15) is 27.9 Å². The van der Waals surface area contributed by atoms with Gasteiger partial charge in [0.05, 0.1) is 13.2 Å². The number of carboxylic acids is 1. The first kappa shape index (κ1) is 28.6. The summed E-state index contributed by atoms with van der Waals surface area (Å²) in [7, 11) is 0. The van der Waals surface area contributed by atoms with Crippen LogP contribution in [0.2, 0.25) is 0 Å². The molecule has 202 valence electrons. The maximum absolute atomic E-state index is 12.7. The fraction of sp³-hybridized carbons (Fsp3) is 0.310. The molecule has 3 aromatic rings. The van der Waals surface area contributed by atoms with E-state index in [-0.39, 0.29) is 17.7 Å². The molecule has 0 saturated carbocycles. The molecule has 6 nitrogen and oxygen atoms in total. The van der Waals surface area contributed by atoms with E-state index in [0.29, 0.717) is 35.6 Å². The Morgan fingerprint density at radius 3 is 2.08 bits per heavy atom. The number of carboxylic acid groups (broad SMARTS) is 1. The fourth-order valence-corrected chi connectivity index (χ4v) is 3.77. The summed E-state index contributed by atoms with van der Waals surface area (Å²) < 4.78 is 47.5. The lowest BCUT2D eigenvalue weighted by atomic mass is 9.87. The van der Waals surface area contributed by atoms with Crippen molar-refractivity contribution >= 4 is 17.6 Å². The fourth-order valence-electron chi connectivity index (χ4n) is 3.77. The van der Waals surface area contributed by atoms with Gasteiger partial charge in [-0.3, -0.25) is 9.69 Å². The molecule has 0 fully saturated rings. The van der Waals surface area contributed by atoms with Crippen molar-refractivity contribution in [2.24, 2.45) is 0 Å². The van der Waals surface area contributed by atoms with Crippen molar-refractivity contribution in [1.29, 1.82) is 0 Å². The molecule has 0 saturated heterocycles. The van der Waals surface area contributed by atoms with Crippen LogP contribution < -0.4 is 14.4 Å². The second-order valence-electron chi connectivity index (χ2n) is 9.74. The number of halogens is 3. The van der Waals surface area contributed by atoms with Gasteiger partial charge < -0.3 is 14.6 Å². The van der Waals surface area contributed by atoms with Crippen LogP contribution in [0.5, 0.6) is 11.5 Å². The van der Waals surface area contributed by atoms with Crippen LogP contribution in [0.15, 0.2) is 66.7 Å². The lowest BCUT2D eigenvalue weighted by Crippen LogP contribution is -2.36. The van der Waals surface area contributed by atoms with Gasteiger partial charge in [0.1, 0.15) is 11.5 Å². The average molecular weight is 530 g/mol. The maximum atomic E-state index is 12.7. The molecule has 0 bridgehead atoms.